The molecule has 1 unspecified atom stereocenters. The van der Waals surface area contributed by atoms with Crippen LogP contribution in [0.15, 0.2) is 10.5 Å². The van der Waals surface area contributed by atoms with Gasteiger partial charge in [-0.25, -0.2) is 4.39 Å². The molecule has 0 bridgehead atoms. The summed E-state index contributed by atoms with van der Waals surface area (Å²) in [5.74, 6) is 0.146. The molecule has 0 amide bonds. The topological polar surface area (TPSA) is 44.5 Å². The first-order valence-electron chi connectivity index (χ1n) is 5.84. The Bertz CT molecular complexity index is 473. The predicted molar refractivity (Wildman–Crippen MR) is 71.8 cm³/mol. The van der Waals surface area contributed by atoms with Gasteiger partial charge >= 0.3 is 0 Å². The Hall–Kier alpha value is -0.810. The van der Waals surface area contributed by atoms with Crippen molar-refractivity contribution in [2.75, 3.05) is 14.2 Å². The summed E-state index contributed by atoms with van der Waals surface area (Å²) in [5, 5.41) is 0. The number of nitrogens with two attached hydrogens (primary N) is 1. The SMILES string of the molecule is COc1c(F)cc(Br)c(C2(C(C)N)CC2)c1OC. The minimum atomic E-state index is -0.439. The third-order valence-corrected chi connectivity index (χ3v) is 4.33. The number of halogens is 2. The van der Waals surface area contributed by atoms with Crippen LogP contribution in [-0.4, -0.2) is 20.3 Å². The van der Waals surface area contributed by atoms with Gasteiger partial charge in [0.25, 0.3) is 0 Å². The molecule has 1 aliphatic rings. The van der Waals surface area contributed by atoms with E-state index in [0.717, 1.165) is 18.4 Å². The molecule has 100 valence electrons. The Labute approximate surface area is 115 Å². The van der Waals surface area contributed by atoms with Crippen molar-refractivity contribution in [2.45, 2.75) is 31.2 Å². The van der Waals surface area contributed by atoms with Crippen LogP contribution in [0.3, 0.4) is 0 Å². The normalized spacial score (nSPS) is 18.3. The van der Waals surface area contributed by atoms with Gasteiger partial charge in [0.05, 0.1) is 14.2 Å². The molecule has 1 aromatic carbocycles. The van der Waals surface area contributed by atoms with Gasteiger partial charge < -0.3 is 15.2 Å². The molecular formula is C13H17BrFNO2. The van der Waals surface area contributed by atoms with E-state index < -0.39 is 5.82 Å². The Kier molecular flexibility index (Phi) is 3.56. The summed E-state index contributed by atoms with van der Waals surface area (Å²) < 4.78 is 25.0. The molecule has 3 nitrogen and oxygen atoms in total. The summed E-state index contributed by atoms with van der Waals surface area (Å²) in [7, 11) is 2.95. The van der Waals surface area contributed by atoms with Crippen LogP contribution in [0.4, 0.5) is 4.39 Å². The van der Waals surface area contributed by atoms with Gasteiger partial charge in [0.15, 0.2) is 17.3 Å². The molecule has 2 rings (SSSR count). The number of ether oxygens (including phenoxy) is 2. The van der Waals surface area contributed by atoms with Crippen LogP contribution in [0.2, 0.25) is 0 Å². The summed E-state index contributed by atoms with van der Waals surface area (Å²) in [4.78, 5) is 0. The Morgan fingerprint density at radius 1 is 1.33 bits per heavy atom. The minimum absolute atomic E-state index is 0.0159. The molecule has 1 aliphatic carbocycles. The highest BCUT2D eigenvalue weighted by atomic mass is 79.9. The average molecular weight is 318 g/mol. The van der Waals surface area contributed by atoms with Crippen molar-refractivity contribution in [3.05, 3.63) is 21.9 Å². The molecule has 1 aromatic rings. The fourth-order valence-electron chi connectivity index (χ4n) is 2.50. The van der Waals surface area contributed by atoms with E-state index in [4.69, 9.17) is 15.2 Å². The highest BCUT2D eigenvalue weighted by Gasteiger charge is 2.51. The van der Waals surface area contributed by atoms with Gasteiger partial charge in [0.2, 0.25) is 0 Å². The number of benzene rings is 1. The first-order chi connectivity index (χ1) is 8.47. The van der Waals surface area contributed by atoms with Gasteiger partial charge in [0, 0.05) is 21.5 Å². The first-order valence-corrected chi connectivity index (χ1v) is 6.63. The fraction of sp³-hybridized carbons (Fsp3) is 0.538. The van der Waals surface area contributed by atoms with Crippen LogP contribution in [0.1, 0.15) is 25.3 Å². The summed E-state index contributed by atoms with van der Waals surface area (Å²) >= 11 is 3.42. The summed E-state index contributed by atoms with van der Waals surface area (Å²) in [6.45, 7) is 1.97. The molecule has 0 aliphatic heterocycles. The molecule has 0 saturated heterocycles. The zero-order valence-corrected chi connectivity index (χ0v) is 12.3. The molecule has 0 spiro atoms. The number of hydrogen-bond donors (Lipinski definition) is 1. The van der Waals surface area contributed by atoms with Gasteiger partial charge in [-0.1, -0.05) is 15.9 Å². The first kappa shape index (κ1) is 13.6. The van der Waals surface area contributed by atoms with E-state index in [-0.39, 0.29) is 17.2 Å². The summed E-state index contributed by atoms with van der Waals surface area (Å²) in [6, 6.07) is 1.40. The van der Waals surface area contributed by atoms with E-state index in [0.29, 0.717) is 10.2 Å². The second-order valence-corrected chi connectivity index (χ2v) is 5.58. The monoisotopic (exact) mass is 317 g/mol. The van der Waals surface area contributed by atoms with Crippen LogP contribution in [0, 0.1) is 5.82 Å². The van der Waals surface area contributed by atoms with Crippen LogP contribution in [0.5, 0.6) is 11.5 Å². The zero-order chi connectivity index (χ0) is 13.5. The number of hydrogen-bond acceptors (Lipinski definition) is 3. The molecular weight excluding hydrogens is 301 g/mol. The van der Waals surface area contributed by atoms with Crippen molar-refractivity contribution in [2.24, 2.45) is 5.73 Å². The standard InChI is InChI=1S/C13H17BrFNO2/c1-7(16)13(4-5-13)10-8(14)6-9(15)11(17-2)12(10)18-3/h6-7H,4-5,16H2,1-3H3. The third-order valence-electron chi connectivity index (χ3n) is 3.71. The van der Waals surface area contributed by atoms with Crippen LogP contribution in [-0.2, 0) is 5.41 Å². The maximum absolute atomic E-state index is 13.8. The number of rotatable bonds is 4. The van der Waals surface area contributed by atoms with Gasteiger partial charge in [-0.15, -0.1) is 0 Å². The van der Waals surface area contributed by atoms with E-state index in [1.807, 2.05) is 6.92 Å². The van der Waals surface area contributed by atoms with Crippen molar-refractivity contribution < 1.29 is 13.9 Å². The van der Waals surface area contributed by atoms with E-state index in [1.54, 1.807) is 0 Å². The van der Waals surface area contributed by atoms with Gasteiger partial charge in [-0.05, 0) is 25.8 Å². The average Bonchev–Trinajstić information content (AvgIpc) is 3.09. The van der Waals surface area contributed by atoms with Crippen molar-refractivity contribution in [1.29, 1.82) is 0 Å². The summed E-state index contributed by atoms with van der Waals surface area (Å²) in [5.41, 5.74) is 6.86. The largest absolute Gasteiger partial charge is 0.492 e. The maximum Gasteiger partial charge on any atom is 0.197 e. The summed E-state index contributed by atoms with van der Waals surface area (Å²) in [6.07, 6.45) is 1.96. The lowest BCUT2D eigenvalue weighted by molar-refractivity contribution is 0.329. The van der Waals surface area contributed by atoms with Crippen molar-refractivity contribution in [1.82, 2.24) is 0 Å². The van der Waals surface area contributed by atoms with Crippen LogP contribution >= 0.6 is 15.9 Å². The number of methoxy groups -OCH3 is 2. The second kappa shape index (κ2) is 4.70. The zero-order valence-electron chi connectivity index (χ0n) is 10.7. The molecule has 5 heteroatoms. The van der Waals surface area contributed by atoms with Gasteiger partial charge in [-0.2, -0.15) is 0 Å². The van der Waals surface area contributed by atoms with Crippen molar-refractivity contribution >= 4 is 15.9 Å². The second-order valence-electron chi connectivity index (χ2n) is 4.73. The van der Waals surface area contributed by atoms with E-state index in [2.05, 4.69) is 15.9 Å². The lowest BCUT2D eigenvalue weighted by atomic mass is 9.88. The molecule has 2 N–H and O–H groups in total. The lowest BCUT2D eigenvalue weighted by Crippen LogP contribution is -2.32. The third kappa shape index (κ3) is 1.89. The van der Waals surface area contributed by atoms with Crippen LogP contribution in [0.25, 0.3) is 0 Å². The molecule has 0 radical (unpaired) electrons. The Balaban J connectivity index is 2.67. The Morgan fingerprint density at radius 3 is 2.28 bits per heavy atom. The molecule has 18 heavy (non-hydrogen) atoms. The molecule has 1 fully saturated rings. The Morgan fingerprint density at radius 2 is 1.89 bits per heavy atom. The maximum atomic E-state index is 13.8. The van der Waals surface area contributed by atoms with E-state index in [9.17, 15) is 4.39 Å². The van der Waals surface area contributed by atoms with Crippen molar-refractivity contribution in [3.63, 3.8) is 0 Å². The molecule has 1 saturated carbocycles. The van der Waals surface area contributed by atoms with Crippen molar-refractivity contribution in [3.8, 4) is 11.5 Å². The molecule has 0 aromatic heterocycles. The highest BCUT2D eigenvalue weighted by molar-refractivity contribution is 9.10. The highest BCUT2D eigenvalue weighted by Crippen LogP contribution is 2.57. The van der Waals surface area contributed by atoms with Gasteiger partial charge in [-0.3, -0.25) is 0 Å². The fourth-order valence-corrected chi connectivity index (χ4v) is 3.27. The van der Waals surface area contributed by atoms with E-state index >= 15 is 0 Å². The van der Waals surface area contributed by atoms with Crippen LogP contribution < -0.4 is 15.2 Å². The van der Waals surface area contributed by atoms with Gasteiger partial charge in [0.1, 0.15) is 0 Å². The predicted octanol–water partition coefficient (Wildman–Crippen LogP) is 2.98. The van der Waals surface area contributed by atoms with E-state index in [1.165, 1.54) is 20.3 Å². The molecule has 1 atom stereocenters. The smallest absolute Gasteiger partial charge is 0.197 e. The molecule has 0 heterocycles. The lowest BCUT2D eigenvalue weighted by Gasteiger charge is -2.25. The minimum Gasteiger partial charge on any atom is -0.492 e. The quantitative estimate of drug-likeness (QED) is 0.928.